The zero-order chi connectivity index (χ0) is 30.6. The summed E-state index contributed by atoms with van der Waals surface area (Å²) in [6, 6.07) is 22.8. The molecule has 12 nitrogen and oxygen atoms in total. The van der Waals surface area contributed by atoms with Gasteiger partial charge in [0.2, 0.25) is 5.16 Å². The number of imidazole rings is 1. The number of sulfone groups is 1. The summed E-state index contributed by atoms with van der Waals surface area (Å²) in [5.74, 6) is -2.95. The van der Waals surface area contributed by atoms with Crippen LogP contribution in [0.1, 0.15) is 32.4 Å². The Morgan fingerprint density at radius 3 is 1.86 bits per heavy atom. The van der Waals surface area contributed by atoms with Gasteiger partial charge in [0.25, 0.3) is 21.1 Å². The van der Waals surface area contributed by atoms with Gasteiger partial charge in [0.1, 0.15) is 12.7 Å². The molecule has 5 rings (SSSR count). The SMILES string of the molecule is [2H]c1c[nH]c(S(=O)(=O)[C@]2(O)C(OC(=O)c3ccccc3)O[C@H](COC(=O)c3ccccc3)[C@H]2OC(=O)c2ccccc2)n1. The molecule has 3 aromatic carbocycles. The quantitative estimate of drug-likeness (QED) is 0.216. The Kier molecular flexibility index (Phi) is 7.77. The fourth-order valence-corrected chi connectivity index (χ4v) is 5.79. The van der Waals surface area contributed by atoms with Crippen LogP contribution in [0.4, 0.5) is 0 Å². The van der Waals surface area contributed by atoms with Gasteiger partial charge < -0.3 is 29.0 Å². The first-order valence-electron chi connectivity index (χ1n) is 13.0. The smallest absolute Gasteiger partial charge is 0.340 e. The largest absolute Gasteiger partial charge is 0.459 e. The van der Waals surface area contributed by atoms with Crippen molar-refractivity contribution in [2.75, 3.05) is 6.61 Å². The summed E-state index contributed by atoms with van der Waals surface area (Å²) in [5, 5.41) is 11.1. The topological polar surface area (TPSA) is 171 Å². The second-order valence-corrected chi connectivity index (χ2v) is 11.1. The van der Waals surface area contributed by atoms with Crippen molar-refractivity contribution in [3.63, 3.8) is 0 Å². The number of hydrogen-bond donors (Lipinski definition) is 2. The molecule has 216 valence electrons. The van der Waals surface area contributed by atoms with Crippen molar-refractivity contribution in [2.24, 2.45) is 0 Å². The maximum absolute atomic E-state index is 13.9. The van der Waals surface area contributed by atoms with E-state index in [9.17, 15) is 27.9 Å². The number of nitrogens with zero attached hydrogens (tertiary/aromatic N) is 1. The van der Waals surface area contributed by atoms with Gasteiger partial charge in [-0.15, -0.1) is 0 Å². The number of hydrogen-bond acceptors (Lipinski definition) is 11. The first kappa shape index (κ1) is 27.3. The summed E-state index contributed by atoms with van der Waals surface area (Å²) in [6.07, 6.45) is -5.62. The fraction of sp³-hybridized carbons (Fsp3) is 0.172. The molecule has 4 aromatic rings. The highest BCUT2D eigenvalue weighted by Crippen LogP contribution is 2.42. The molecule has 0 spiro atoms. The van der Waals surface area contributed by atoms with Crippen molar-refractivity contribution in [1.82, 2.24) is 9.97 Å². The van der Waals surface area contributed by atoms with Crippen LogP contribution in [0.2, 0.25) is 0 Å². The Morgan fingerprint density at radius 1 is 0.857 bits per heavy atom. The molecule has 1 aliphatic heterocycles. The van der Waals surface area contributed by atoms with Crippen molar-refractivity contribution in [3.05, 3.63) is 120 Å². The number of carbonyl (C=O) groups excluding carboxylic acids is 3. The first-order chi connectivity index (χ1) is 20.6. The zero-order valence-corrected chi connectivity index (χ0v) is 22.5. The molecular weight excluding hydrogens is 568 g/mol. The highest BCUT2D eigenvalue weighted by atomic mass is 32.2. The summed E-state index contributed by atoms with van der Waals surface area (Å²) < 4.78 is 57.5. The van der Waals surface area contributed by atoms with E-state index in [0.717, 1.165) is 6.20 Å². The molecule has 1 saturated heterocycles. The van der Waals surface area contributed by atoms with E-state index in [1.54, 1.807) is 30.3 Å². The number of aromatic amines is 1. The van der Waals surface area contributed by atoms with Crippen LogP contribution >= 0.6 is 0 Å². The lowest BCUT2D eigenvalue weighted by Crippen LogP contribution is -2.57. The molecule has 0 saturated carbocycles. The number of rotatable bonds is 9. The Morgan fingerprint density at radius 2 is 1.36 bits per heavy atom. The minimum absolute atomic E-state index is 0.00143. The zero-order valence-electron chi connectivity index (χ0n) is 22.7. The number of aromatic nitrogens is 2. The van der Waals surface area contributed by atoms with Gasteiger partial charge in [-0.25, -0.2) is 27.8 Å². The van der Waals surface area contributed by atoms with E-state index < -0.39 is 69.1 Å². The normalized spacial score (nSPS) is 22.1. The predicted molar refractivity (Wildman–Crippen MR) is 144 cm³/mol. The van der Waals surface area contributed by atoms with Crippen LogP contribution in [0.5, 0.6) is 0 Å². The third-order valence-electron chi connectivity index (χ3n) is 6.35. The van der Waals surface area contributed by atoms with Crippen molar-refractivity contribution >= 4 is 27.7 Å². The van der Waals surface area contributed by atoms with Gasteiger partial charge in [0, 0.05) is 12.4 Å². The van der Waals surface area contributed by atoms with Gasteiger partial charge in [0.05, 0.1) is 18.1 Å². The molecule has 42 heavy (non-hydrogen) atoms. The highest BCUT2D eigenvalue weighted by Gasteiger charge is 2.69. The van der Waals surface area contributed by atoms with Crippen LogP contribution in [-0.4, -0.2) is 71.4 Å². The number of carbonyl (C=O) groups is 3. The second-order valence-electron chi connectivity index (χ2n) is 9.02. The molecule has 1 aliphatic rings. The van der Waals surface area contributed by atoms with Crippen molar-refractivity contribution in [3.8, 4) is 0 Å². The van der Waals surface area contributed by atoms with E-state index in [1.165, 1.54) is 60.7 Å². The van der Waals surface area contributed by atoms with Gasteiger partial charge in [0.15, 0.2) is 6.10 Å². The molecule has 1 aromatic heterocycles. The molecule has 4 atom stereocenters. The van der Waals surface area contributed by atoms with Crippen LogP contribution in [0.25, 0.3) is 0 Å². The number of benzene rings is 3. The van der Waals surface area contributed by atoms with Crippen LogP contribution in [0, 0.1) is 0 Å². The molecule has 0 amide bonds. The standard InChI is InChI=1S/C29H24N2O10S/c32-24(19-10-4-1-5-11-19)38-18-22-23(40-25(33)20-12-6-2-7-13-20)29(35,42(36,37)28-30-16-17-31-28)27(39-22)41-26(34)21-14-8-3-9-15-21/h1-17,22-23,27,35H,18H2,(H,30,31)/t22-,23-,27?,29+/m1/s1/i16D. The van der Waals surface area contributed by atoms with Crippen molar-refractivity contribution < 1.29 is 48.2 Å². The summed E-state index contributed by atoms with van der Waals surface area (Å²) in [7, 11) is -5.15. The lowest BCUT2D eigenvalue weighted by atomic mass is 10.1. The Hall–Kier alpha value is -4.85. The van der Waals surface area contributed by atoms with E-state index in [-0.39, 0.29) is 16.7 Å². The summed E-state index contributed by atoms with van der Waals surface area (Å²) in [6.45, 7) is -0.723. The van der Waals surface area contributed by atoms with E-state index >= 15 is 0 Å². The van der Waals surface area contributed by atoms with Crippen LogP contribution in [-0.2, 0) is 28.8 Å². The maximum atomic E-state index is 13.9. The molecule has 1 fully saturated rings. The summed E-state index contributed by atoms with van der Waals surface area (Å²) in [4.78, 5) is 41.4. The van der Waals surface area contributed by atoms with Gasteiger partial charge in [-0.1, -0.05) is 54.6 Å². The molecule has 1 unspecified atom stereocenters. The fourth-order valence-electron chi connectivity index (χ4n) is 4.23. The molecule has 2 heterocycles. The Bertz CT molecular complexity index is 1720. The van der Waals surface area contributed by atoms with E-state index in [1.807, 2.05) is 0 Å². The first-order valence-corrected chi connectivity index (χ1v) is 14.0. The monoisotopic (exact) mass is 593 g/mol. The van der Waals surface area contributed by atoms with Crippen molar-refractivity contribution in [1.29, 1.82) is 0 Å². The lowest BCUT2D eigenvalue weighted by molar-refractivity contribution is -0.151. The number of H-pyrrole nitrogens is 1. The van der Waals surface area contributed by atoms with Gasteiger partial charge in [-0.2, -0.15) is 0 Å². The number of ether oxygens (including phenoxy) is 4. The van der Waals surface area contributed by atoms with Gasteiger partial charge in [-0.3, -0.25) is 0 Å². The van der Waals surface area contributed by atoms with Crippen LogP contribution in [0.15, 0.2) is 109 Å². The van der Waals surface area contributed by atoms with Crippen LogP contribution < -0.4 is 0 Å². The molecule has 0 radical (unpaired) electrons. The minimum atomic E-state index is -5.15. The summed E-state index contributed by atoms with van der Waals surface area (Å²) in [5.41, 5.74) is 0.152. The lowest BCUT2D eigenvalue weighted by Gasteiger charge is -2.31. The highest BCUT2D eigenvalue weighted by molar-refractivity contribution is 7.92. The number of nitrogens with one attached hydrogen (secondary N) is 1. The average molecular weight is 594 g/mol. The van der Waals surface area contributed by atoms with Gasteiger partial charge in [-0.05, 0) is 36.4 Å². The predicted octanol–water partition coefficient (Wildman–Crippen LogP) is 2.54. The number of esters is 3. The number of aliphatic hydroxyl groups is 1. The third kappa shape index (κ3) is 5.52. The van der Waals surface area contributed by atoms with E-state index in [0.29, 0.717) is 0 Å². The molecular formula is C29H24N2O10S. The molecule has 13 heteroatoms. The second kappa shape index (κ2) is 11.9. The maximum Gasteiger partial charge on any atom is 0.340 e. The Labute approximate surface area is 241 Å². The molecule has 0 bridgehead atoms. The molecule has 2 N–H and O–H groups in total. The Balaban J connectivity index is 1.55. The van der Waals surface area contributed by atoms with Gasteiger partial charge >= 0.3 is 17.9 Å². The third-order valence-corrected chi connectivity index (χ3v) is 8.35. The van der Waals surface area contributed by atoms with E-state index in [2.05, 4.69) is 9.97 Å². The minimum Gasteiger partial charge on any atom is -0.459 e. The van der Waals surface area contributed by atoms with Crippen molar-refractivity contribution in [2.45, 2.75) is 28.6 Å². The van der Waals surface area contributed by atoms with Crippen LogP contribution in [0.3, 0.4) is 0 Å². The molecule has 0 aliphatic carbocycles. The average Bonchev–Trinajstić information content (AvgIpc) is 3.59. The van der Waals surface area contributed by atoms with E-state index in [4.69, 9.17) is 20.3 Å². The summed E-state index contributed by atoms with van der Waals surface area (Å²) >= 11 is 0.